The summed E-state index contributed by atoms with van der Waals surface area (Å²) in [5, 5.41) is 11.3. The maximum atomic E-state index is 13.0. The second-order valence-electron chi connectivity index (χ2n) is 12.1. The number of aliphatic hydroxyl groups is 1. The minimum atomic E-state index is -4.52. The van der Waals surface area contributed by atoms with Crippen molar-refractivity contribution < 1.29 is 32.7 Å². The van der Waals surface area contributed by atoms with E-state index in [1.807, 2.05) is 4.90 Å². The lowest BCUT2D eigenvalue weighted by molar-refractivity contribution is -0.137. The first-order chi connectivity index (χ1) is 20.0. The van der Waals surface area contributed by atoms with Gasteiger partial charge in [0, 0.05) is 50.8 Å². The summed E-state index contributed by atoms with van der Waals surface area (Å²) in [6, 6.07) is 7.87. The Morgan fingerprint density at radius 3 is 2.31 bits per heavy atom. The van der Waals surface area contributed by atoms with Crippen LogP contribution in [0.25, 0.3) is 0 Å². The molecule has 2 aliphatic heterocycles. The average molecular weight is 586 g/mol. The highest BCUT2D eigenvalue weighted by molar-refractivity contribution is 5.98. The van der Waals surface area contributed by atoms with Crippen LogP contribution in [0.5, 0.6) is 0 Å². The number of ketones is 1. The molecule has 1 N–H and O–H groups in total. The first kappa shape index (κ1) is 30.2. The summed E-state index contributed by atoms with van der Waals surface area (Å²) in [4.78, 5) is 45.9. The molecule has 0 bridgehead atoms. The number of carbonyl (C=O) groups is 3. The number of halogens is 3. The SMILES string of the molecule is O=C(CCC(=O)N1CCC(CC2CCC(O)(c3ccc(C(=O)N4CCCC4)cn3)CC2)C1)c1cccc(C(F)(F)F)c1. The number of amides is 2. The van der Waals surface area contributed by atoms with Gasteiger partial charge in [-0.25, -0.2) is 0 Å². The van der Waals surface area contributed by atoms with E-state index in [2.05, 4.69) is 4.98 Å². The van der Waals surface area contributed by atoms with Crippen LogP contribution in [0.1, 0.15) is 96.2 Å². The quantitative estimate of drug-likeness (QED) is 0.407. The maximum Gasteiger partial charge on any atom is 0.416 e. The van der Waals surface area contributed by atoms with Gasteiger partial charge in [-0.1, -0.05) is 12.1 Å². The van der Waals surface area contributed by atoms with Crippen molar-refractivity contribution in [1.29, 1.82) is 0 Å². The van der Waals surface area contributed by atoms with E-state index in [-0.39, 0.29) is 30.2 Å². The molecule has 3 fully saturated rings. The zero-order valence-electron chi connectivity index (χ0n) is 23.7. The van der Waals surface area contributed by atoms with Gasteiger partial charge >= 0.3 is 6.18 Å². The summed E-state index contributed by atoms with van der Waals surface area (Å²) < 4.78 is 38.9. The Hall–Kier alpha value is -3.27. The predicted octanol–water partition coefficient (Wildman–Crippen LogP) is 5.62. The largest absolute Gasteiger partial charge is 0.416 e. The summed E-state index contributed by atoms with van der Waals surface area (Å²) in [5.74, 6) is 0.159. The molecule has 42 heavy (non-hydrogen) atoms. The van der Waals surface area contributed by atoms with Crippen molar-refractivity contribution in [2.75, 3.05) is 26.2 Å². The number of hydrogen-bond acceptors (Lipinski definition) is 5. The number of rotatable bonds is 8. The van der Waals surface area contributed by atoms with Crippen molar-refractivity contribution >= 4 is 17.6 Å². The third kappa shape index (κ3) is 7.02. The molecule has 1 aliphatic carbocycles. The van der Waals surface area contributed by atoms with E-state index < -0.39 is 23.1 Å². The van der Waals surface area contributed by atoms with E-state index in [0.717, 1.165) is 63.7 Å². The molecule has 1 saturated carbocycles. The number of alkyl halides is 3. The minimum absolute atomic E-state index is 0.00588. The van der Waals surface area contributed by atoms with Crippen LogP contribution in [0.2, 0.25) is 0 Å². The average Bonchev–Trinajstić information content (AvgIpc) is 3.69. The van der Waals surface area contributed by atoms with Crippen LogP contribution in [-0.4, -0.2) is 63.7 Å². The molecule has 1 atom stereocenters. The normalized spacial score (nSPS) is 24.7. The third-order valence-electron chi connectivity index (χ3n) is 9.20. The van der Waals surface area contributed by atoms with Crippen molar-refractivity contribution in [2.24, 2.45) is 11.8 Å². The van der Waals surface area contributed by atoms with Crippen molar-refractivity contribution in [3.05, 3.63) is 65.0 Å². The fourth-order valence-corrected chi connectivity index (χ4v) is 6.66. The Morgan fingerprint density at radius 1 is 0.905 bits per heavy atom. The second kappa shape index (κ2) is 12.5. The van der Waals surface area contributed by atoms with E-state index in [0.29, 0.717) is 49.0 Å². The van der Waals surface area contributed by atoms with Crippen LogP contribution in [0, 0.1) is 11.8 Å². The van der Waals surface area contributed by atoms with Crippen molar-refractivity contribution in [2.45, 2.75) is 76.0 Å². The molecule has 3 heterocycles. The zero-order chi connectivity index (χ0) is 29.9. The van der Waals surface area contributed by atoms with Gasteiger partial charge in [0.25, 0.3) is 5.91 Å². The van der Waals surface area contributed by atoms with Crippen LogP contribution in [0.3, 0.4) is 0 Å². The van der Waals surface area contributed by atoms with E-state index in [1.54, 1.807) is 23.2 Å². The summed E-state index contributed by atoms with van der Waals surface area (Å²) in [5.41, 5.74) is -0.748. The van der Waals surface area contributed by atoms with Gasteiger partial charge in [-0.3, -0.25) is 19.4 Å². The zero-order valence-corrected chi connectivity index (χ0v) is 23.7. The summed E-state index contributed by atoms with van der Waals surface area (Å²) >= 11 is 0. The molecule has 5 rings (SSSR count). The maximum absolute atomic E-state index is 13.0. The highest BCUT2D eigenvalue weighted by atomic mass is 19.4. The van der Waals surface area contributed by atoms with Gasteiger partial charge in [-0.05, 0) is 87.5 Å². The van der Waals surface area contributed by atoms with E-state index in [1.165, 1.54) is 12.1 Å². The molecule has 226 valence electrons. The summed E-state index contributed by atoms with van der Waals surface area (Å²) in [6.45, 7) is 2.79. The van der Waals surface area contributed by atoms with Crippen LogP contribution in [0.4, 0.5) is 13.2 Å². The molecule has 1 aromatic heterocycles. The highest BCUT2D eigenvalue weighted by Gasteiger charge is 2.38. The molecule has 2 aromatic rings. The number of aromatic nitrogens is 1. The lowest BCUT2D eigenvalue weighted by Gasteiger charge is -2.36. The van der Waals surface area contributed by atoms with E-state index in [9.17, 15) is 32.7 Å². The first-order valence-corrected chi connectivity index (χ1v) is 15.0. The van der Waals surface area contributed by atoms with Gasteiger partial charge in [0.1, 0.15) is 5.60 Å². The molecule has 10 heteroatoms. The van der Waals surface area contributed by atoms with Gasteiger partial charge in [0.15, 0.2) is 5.78 Å². The fourth-order valence-electron chi connectivity index (χ4n) is 6.66. The smallest absolute Gasteiger partial charge is 0.384 e. The topological polar surface area (TPSA) is 90.8 Å². The number of hydrogen-bond donors (Lipinski definition) is 1. The molecule has 0 spiro atoms. The lowest BCUT2D eigenvalue weighted by atomic mass is 9.74. The number of likely N-dealkylation sites (tertiary alicyclic amines) is 2. The first-order valence-electron chi connectivity index (χ1n) is 15.0. The lowest BCUT2D eigenvalue weighted by Crippen LogP contribution is -2.34. The number of nitrogens with zero attached hydrogens (tertiary/aromatic N) is 3. The number of Topliss-reactive ketones (excluding diaryl/α,β-unsaturated/α-hetero) is 1. The van der Waals surface area contributed by atoms with Gasteiger partial charge in [0.05, 0.1) is 16.8 Å². The molecule has 7 nitrogen and oxygen atoms in total. The summed E-state index contributed by atoms with van der Waals surface area (Å²) in [7, 11) is 0. The minimum Gasteiger partial charge on any atom is -0.384 e. The number of benzene rings is 1. The molecule has 0 radical (unpaired) electrons. The van der Waals surface area contributed by atoms with Gasteiger partial charge in [0.2, 0.25) is 5.91 Å². The Kier molecular flexibility index (Phi) is 9.01. The number of pyridine rings is 1. The van der Waals surface area contributed by atoms with E-state index in [4.69, 9.17) is 0 Å². The Balaban J connectivity index is 1.05. The van der Waals surface area contributed by atoms with Gasteiger partial charge < -0.3 is 14.9 Å². The van der Waals surface area contributed by atoms with Crippen LogP contribution < -0.4 is 0 Å². The van der Waals surface area contributed by atoms with Crippen molar-refractivity contribution in [3.63, 3.8) is 0 Å². The van der Waals surface area contributed by atoms with E-state index >= 15 is 0 Å². The van der Waals surface area contributed by atoms with Crippen LogP contribution in [-0.2, 0) is 16.6 Å². The number of carbonyl (C=O) groups excluding carboxylic acids is 3. The molecule has 2 amide bonds. The molecule has 1 aromatic carbocycles. The fraction of sp³-hybridized carbons (Fsp3) is 0.562. The van der Waals surface area contributed by atoms with Crippen LogP contribution in [0.15, 0.2) is 42.6 Å². The van der Waals surface area contributed by atoms with Gasteiger partial charge in [-0.15, -0.1) is 0 Å². The van der Waals surface area contributed by atoms with Gasteiger partial charge in [-0.2, -0.15) is 13.2 Å². The predicted molar refractivity (Wildman–Crippen MR) is 150 cm³/mol. The standard InChI is InChI=1S/C32H38F3N3O4/c33-32(34,35)26-5-3-4-24(19-26)27(39)7-9-29(40)38-17-12-23(21-38)18-22-10-13-31(42,14-11-22)28-8-6-25(20-36-28)30(41)37-15-1-2-16-37/h3-6,8,19-20,22-23,42H,1-2,7,9-18,21H2. The molecule has 2 saturated heterocycles. The van der Waals surface area contributed by atoms with Crippen molar-refractivity contribution in [1.82, 2.24) is 14.8 Å². The summed E-state index contributed by atoms with van der Waals surface area (Å²) in [6.07, 6.45) is 3.70. The molecule has 3 aliphatic rings. The third-order valence-corrected chi connectivity index (χ3v) is 9.20. The van der Waals surface area contributed by atoms with Crippen LogP contribution >= 0.6 is 0 Å². The Labute approximate surface area is 244 Å². The Bertz CT molecular complexity index is 1280. The molecule has 1 unspecified atom stereocenters. The Morgan fingerprint density at radius 2 is 1.64 bits per heavy atom. The monoisotopic (exact) mass is 585 g/mol. The molecular formula is C32H38F3N3O4. The highest BCUT2D eigenvalue weighted by Crippen LogP contribution is 2.42. The van der Waals surface area contributed by atoms with Crippen molar-refractivity contribution in [3.8, 4) is 0 Å². The second-order valence-corrected chi connectivity index (χ2v) is 12.1. The molecular weight excluding hydrogens is 547 g/mol.